The normalized spacial score (nSPS) is 13.1. The molecule has 0 aliphatic heterocycles. The molecule has 1 atom stereocenters. The van der Waals surface area contributed by atoms with E-state index < -0.39 is 0 Å². The predicted molar refractivity (Wildman–Crippen MR) is 66.2 cm³/mol. The summed E-state index contributed by atoms with van der Waals surface area (Å²) in [5.41, 5.74) is 0. The van der Waals surface area contributed by atoms with Crippen LogP contribution in [0.4, 0.5) is 0 Å². The second-order valence-electron chi connectivity index (χ2n) is 3.59. The van der Waals surface area contributed by atoms with Gasteiger partial charge in [-0.3, -0.25) is 0 Å². The van der Waals surface area contributed by atoms with Crippen molar-refractivity contribution in [3.63, 3.8) is 0 Å². The van der Waals surface area contributed by atoms with Crippen LogP contribution in [0.1, 0.15) is 33.1 Å². The molecule has 0 heterocycles. The summed E-state index contributed by atoms with van der Waals surface area (Å²) in [6.45, 7) is 7.67. The second-order valence-corrected chi connectivity index (χ2v) is 5.13. The molecule has 86 valence electrons. The first kappa shape index (κ1) is 14.3. The fraction of sp³-hybridized carbons (Fsp3) is 1.00. The van der Waals surface area contributed by atoms with Crippen LogP contribution in [0.15, 0.2) is 0 Å². The highest BCUT2D eigenvalue weighted by Gasteiger charge is 2.00. The van der Waals surface area contributed by atoms with Crippen LogP contribution in [0, 0.1) is 0 Å². The predicted octanol–water partition coefficient (Wildman–Crippen LogP) is 2.53. The molecule has 0 radical (unpaired) electrons. The fourth-order valence-corrected chi connectivity index (χ4v) is 2.10. The average molecular weight is 219 g/mol. The van der Waals surface area contributed by atoms with Crippen molar-refractivity contribution < 1.29 is 4.74 Å². The second kappa shape index (κ2) is 11.3. The number of hydrogen-bond donors (Lipinski definition) is 1. The van der Waals surface area contributed by atoms with Crippen LogP contribution < -0.4 is 5.32 Å². The van der Waals surface area contributed by atoms with Gasteiger partial charge < -0.3 is 10.1 Å². The number of nitrogens with one attached hydrogen (secondary N) is 1. The largest absolute Gasteiger partial charge is 0.384 e. The van der Waals surface area contributed by atoms with Crippen molar-refractivity contribution in [2.24, 2.45) is 0 Å². The first-order valence-electron chi connectivity index (χ1n) is 5.62. The van der Waals surface area contributed by atoms with E-state index in [2.05, 4.69) is 19.2 Å². The Morgan fingerprint density at radius 3 is 2.79 bits per heavy atom. The molecule has 0 amide bonds. The minimum atomic E-state index is 0.701. The highest BCUT2D eigenvalue weighted by molar-refractivity contribution is 7.99. The summed E-state index contributed by atoms with van der Waals surface area (Å²) in [7, 11) is 1.76. The molecule has 14 heavy (non-hydrogen) atoms. The van der Waals surface area contributed by atoms with Gasteiger partial charge in [0.1, 0.15) is 0 Å². The maximum atomic E-state index is 5.01. The summed E-state index contributed by atoms with van der Waals surface area (Å²) >= 11 is 1.98. The van der Waals surface area contributed by atoms with Gasteiger partial charge in [0, 0.05) is 24.7 Å². The molecule has 0 aromatic rings. The number of unbranched alkanes of at least 4 members (excludes halogenated alkanes) is 2. The zero-order valence-corrected chi connectivity index (χ0v) is 10.7. The van der Waals surface area contributed by atoms with E-state index in [9.17, 15) is 0 Å². The van der Waals surface area contributed by atoms with Gasteiger partial charge in [0.25, 0.3) is 0 Å². The van der Waals surface area contributed by atoms with E-state index in [0.717, 1.165) is 18.9 Å². The topological polar surface area (TPSA) is 21.3 Å². The van der Waals surface area contributed by atoms with Gasteiger partial charge in [-0.2, -0.15) is 11.8 Å². The molecule has 0 aromatic carbocycles. The van der Waals surface area contributed by atoms with Crippen molar-refractivity contribution in [2.75, 3.05) is 32.6 Å². The molecule has 1 N–H and O–H groups in total. The Morgan fingerprint density at radius 2 is 2.14 bits per heavy atom. The molecular formula is C11H25NOS. The molecule has 1 unspecified atom stereocenters. The SMILES string of the molecule is CCCCCNCC(C)SCCOC. The van der Waals surface area contributed by atoms with Gasteiger partial charge in [0.15, 0.2) is 0 Å². The standard InChI is InChI=1S/C11H25NOS/c1-4-5-6-7-12-10-11(2)14-9-8-13-3/h11-12H,4-10H2,1-3H3. The third-order valence-corrected chi connectivity index (χ3v) is 3.22. The summed E-state index contributed by atoms with van der Waals surface area (Å²) in [5, 5.41) is 4.19. The van der Waals surface area contributed by atoms with Gasteiger partial charge in [-0.1, -0.05) is 26.7 Å². The van der Waals surface area contributed by atoms with E-state index in [-0.39, 0.29) is 0 Å². The number of methoxy groups -OCH3 is 1. The highest BCUT2D eigenvalue weighted by Crippen LogP contribution is 2.08. The number of rotatable bonds is 10. The minimum absolute atomic E-state index is 0.701. The van der Waals surface area contributed by atoms with E-state index in [0.29, 0.717) is 5.25 Å². The summed E-state index contributed by atoms with van der Waals surface area (Å²) in [5.74, 6) is 1.11. The van der Waals surface area contributed by atoms with Gasteiger partial charge in [-0.05, 0) is 13.0 Å². The lowest BCUT2D eigenvalue weighted by Crippen LogP contribution is -2.24. The van der Waals surface area contributed by atoms with Crippen molar-refractivity contribution >= 4 is 11.8 Å². The molecule has 3 heteroatoms. The maximum Gasteiger partial charge on any atom is 0.0553 e. The smallest absolute Gasteiger partial charge is 0.0553 e. The van der Waals surface area contributed by atoms with Crippen LogP contribution in [-0.2, 0) is 4.74 Å². The van der Waals surface area contributed by atoms with Crippen LogP contribution in [0.3, 0.4) is 0 Å². The Labute approximate surface area is 93.2 Å². The Morgan fingerprint density at radius 1 is 1.36 bits per heavy atom. The van der Waals surface area contributed by atoms with Gasteiger partial charge in [-0.15, -0.1) is 0 Å². The number of hydrogen-bond acceptors (Lipinski definition) is 3. The monoisotopic (exact) mass is 219 g/mol. The molecule has 2 nitrogen and oxygen atoms in total. The highest BCUT2D eigenvalue weighted by atomic mass is 32.2. The van der Waals surface area contributed by atoms with E-state index in [1.165, 1.54) is 25.8 Å². The quantitative estimate of drug-likeness (QED) is 0.571. The Kier molecular flexibility index (Phi) is 11.6. The number of ether oxygens (including phenoxy) is 1. The Balaban J connectivity index is 3.06. The third-order valence-electron chi connectivity index (χ3n) is 2.08. The summed E-state index contributed by atoms with van der Waals surface area (Å²) < 4.78 is 5.01. The molecular weight excluding hydrogens is 194 g/mol. The lowest BCUT2D eigenvalue weighted by Gasteiger charge is -2.11. The van der Waals surface area contributed by atoms with E-state index in [1.54, 1.807) is 7.11 Å². The van der Waals surface area contributed by atoms with Gasteiger partial charge in [0.2, 0.25) is 0 Å². The number of thioether (sulfide) groups is 1. The molecule has 0 fully saturated rings. The fourth-order valence-electron chi connectivity index (χ4n) is 1.20. The Bertz CT molecular complexity index is 111. The first-order valence-corrected chi connectivity index (χ1v) is 6.67. The van der Waals surface area contributed by atoms with Gasteiger partial charge >= 0.3 is 0 Å². The van der Waals surface area contributed by atoms with Crippen molar-refractivity contribution in [1.29, 1.82) is 0 Å². The summed E-state index contributed by atoms with van der Waals surface area (Å²) in [4.78, 5) is 0. The molecule has 0 spiro atoms. The lowest BCUT2D eigenvalue weighted by atomic mass is 10.2. The van der Waals surface area contributed by atoms with Crippen LogP contribution in [0.2, 0.25) is 0 Å². The van der Waals surface area contributed by atoms with E-state index >= 15 is 0 Å². The van der Waals surface area contributed by atoms with E-state index in [1.807, 2.05) is 11.8 Å². The zero-order chi connectivity index (χ0) is 10.6. The van der Waals surface area contributed by atoms with Crippen molar-refractivity contribution in [2.45, 2.75) is 38.4 Å². The molecule has 0 aliphatic carbocycles. The van der Waals surface area contributed by atoms with Crippen molar-refractivity contribution in [3.05, 3.63) is 0 Å². The van der Waals surface area contributed by atoms with Gasteiger partial charge in [-0.25, -0.2) is 0 Å². The molecule has 0 rings (SSSR count). The molecule has 0 saturated carbocycles. The van der Waals surface area contributed by atoms with Crippen molar-refractivity contribution in [3.8, 4) is 0 Å². The molecule has 0 aromatic heterocycles. The lowest BCUT2D eigenvalue weighted by molar-refractivity contribution is 0.218. The Hall–Kier alpha value is 0.270. The van der Waals surface area contributed by atoms with Crippen LogP contribution in [0.5, 0.6) is 0 Å². The van der Waals surface area contributed by atoms with E-state index in [4.69, 9.17) is 4.74 Å². The first-order chi connectivity index (χ1) is 6.81. The minimum Gasteiger partial charge on any atom is -0.384 e. The average Bonchev–Trinajstić information content (AvgIpc) is 2.18. The molecule has 0 bridgehead atoms. The molecule has 0 aliphatic rings. The molecule has 0 saturated heterocycles. The van der Waals surface area contributed by atoms with Crippen LogP contribution in [-0.4, -0.2) is 37.8 Å². The van der Waals surface area contributed by atoms with Gasteiger partial charge in [0.05, 0.1) is 6.61 Å². The maximum absolute atomic E-state index is 5.01. The zero-order valence-electron chi connectivity index (χ0n) is 9.84. The van der Waals surface area contributed by atoms with Crippen LogP contribution >= 0.6 is 11.8 Å². The summed E-state index contributed by atoms with van der Waals surface area (Å²) in [6, 6.07) is 0. The summed E-state index contributed by atoms with van der Waals surface area (Å²) in [6.07, 6.45) is 3.96. The van der Waals surface area contributed by atoms with Crippen molar-refractivity contribution in [1.82, 2.24) is 5.32 Å². The van der Waals surface area contributed by atoms with Crippen LogP contribution in [0.25, 0.3) is 0 Å². The third kappa shape index (κ3) is 10.4.